The molecule has 128 valence electrons. The van der Waals surface area contributed by atoms with Gasteiger partial charge in [-0.15, -0.1) is 0 Å². The van der Waals surface area contributed by atoms with E-state index in [1.807, 2.05) is 6.07 Å². The van der Waals surface area contributed by atoms with E-state index < -0.39 is 18.1 Å². The van der Waals surface area contributed by atoms with Crippen LogP contribution < -0.4 is 19.5 Å². The Morgan fingerprint density at radius 1 is 1.21 bits per heavy atom. The second-order valence-corrected chi connectivity index (χ2v) is 5.38. The summed E-state index contributed by atoms with van der Waals surface area (Å²) in [6.45, 7) is 0. The minimum atomic E-state index is -0.917. The van der Waals surface area contributed by atoms with Crippen LogP contribution in [0.1, 0.15) is 23.0 Å². The Balaban J connectivity index is 2.13. The molecular formula is C16H19N3O5. The van der Waals surface area contributed by atoms with Gasteiger partial charge in [-0.3, -0.25) is 10.1 Å². The van der Waals surface area contributed by atoms with Gasteiger partial charge in [-0.25, -0.2) is 4.98 Å². The number of nitrogens with one attached hydrogen (secondary N) is 2. The van der Waals surface area contributed by atoms with Gasteiger partial charge in [-0.2, -0.15) is 0 Å². The molecule has 1 aromatic heterocycles. The van der Waals surface area contributed by atoms with Crippen molar-refractivity contribution in [3.8, 4) is 17.2 Å². The molecular weight excluding hydrogens is 314 g/mol. The molecule has 24 heavy (non-hydrogen) atoms. The largest absolute Gasteiger partial charge is 0.493 e. The summed E-state index contributed by atoms with van der Waals surface area (Å²) in [4.78, 5) is 18.8. The lowest BCUT2D eigenvalue weighted by molar-refractivity contribution is -0.139. The average molecular weight is 333 g/mol. The molecule has 0 fully saturated rings. The minimum Gasteiger partial charge on any atom is -0.493 e. The summed E-state index contributed by atoms with van der Waals surface area (Å²) in [5.74, 6) is 0.550. The van der Waals surface area contributed by atoms with Crippen LogP contribution in [0.25, 0.3) is 0 Å². The van der Waals surface area contributed by atoms with E-state index >= 15 is 0 Å². The quantitative estimate of drug-likeness (QED) is 0.753. The van der Waals surface area contributed by atoms with Crippen molar-refractivity contribution >= 4 is 5.97 Å². The highest BCUT2D eigenvalue weighted by atomic mass is 16.5. The number of aromatic amines is 1. The lowest BCUT2D eigenvalue weighted by Crippen LogP contribution is -2.45. The third-order valence-corrected chi connectivity index (χ3v) is 4.14. The first kappa shape index (κ1) is 16.1. The summed E-state index contributed by atoms with van der Waals surface area (Å²) in [7, 11) is 4.60. The number of nitrogens with zero attached hydrogens (tertiary/aromatic N) is 1. The standard InChI is InChI=1S/C16H19N3O5/c1-22-11-5-4-8(14(23-2)15(11)24-3)12-13-9(17-7-18-13)6-10(19-12)16(20)21/h4-5,7,10,12,19H,6H2,1-3H3,(H,17,18)(H,20,21)/t10-,12-/m1/s1. The van der Waals surface area contributed by atoms with Crippen LogP contribution in [-0.4, -0.2) is 48.4 Å². The lowest BCUT2D eigenvalue weighted by Gasteiger charge is -2.29. The first-order valence-corrected chi connectivity index (χ1v) is 7.40. The van der Waals surface area contributed by atoms with Crippen LogP contribution in [0.4, 0.5) is 0 Å². The molecule has 0 unspecified atom stereocenters. The van der Waals surface area contributed by atoms with E-state index in [4.69, 9.17) is 14.2 Å². The molecule has 8 heteroatoms. The number of carboxylic acid groups (broad SMARTS) is 1. The van der Waals surface area contributed by atoms with E-state index in [-0.39, 0.29) is 0 Å². The molecule has 3 N–H and O–H groups in total. The number of aliphatic carboxylic acids is 1. The number of methoxy groups -OCH3 is 3. The van der Waals surface area contributed by atoms with Gasteiger partial charge < -0.3 is 24.3 Å². The number of hydrogen-bond donors (Lipinski definition) is 3. The van der Waals surface area contributed by atoms with Gasteiger partial charge in [0.05, 0.1) is 39.4 Å². The van der Waals surface area contributed by atoms with E-state index in [0.29, 0.717) is 23.7 Å². The van der Waals surface area contributed by atoms with Gasteiger partial charge in [0.15, 0.2) is 11.5 Å². The predicted octanol–water partition coefficient (Wildman–Crippen LogP) is 1.12. The van der Waals surface area contributed by atoms with E-state index in [2.05, 4.69) is 15.3 Å². The van der Waals surface area contributed by atoms with E-state index in [9.17, 15) is 9.90 Å². The number of ether oxygens (including phenoxy) is 3. The summed E-state index contributed by atoms with van der Waals surface area (Å²) in [6, 6.07) is 2.42. The monoisotopic (exact) mass is 333 g/mol. The van der Waals surface area contributed by atoms with E-state index in [0.717, 1.165) is 17.0 Å². The third-order valence-electron chi connectivity index (χ3n) is 4.14. The van der Waals surface area contributed by atoms with Gasteiger partial charge in [-0.1, -0.05) is 0 Å². The fourth-order valence-electron chi connectivity index (χ4n) is 3.03. The third kappa shape index (κ3) is 2.54. The second-order valence-electron chi connectivity index (χ2n) is 5.38. The predicted molar refractivity (Wildman–Crippen MR) is 84.8 cm³/mol. The van der Waals surface area contributed by atoms with Gasteiger partial charge in [0, 0.05) is 17.7 Å². The lowest BCUT2D eigenvalue weighted by atomic mass is 9.93. The molecule has 2 atom stereocenters. The highest BCUT2D eigenvalue weighted by molar-refractivity contribution is 5.74. The minimum absolute atomic E-state index is 0.344. The Kier molecular flexibility index (Phi) is 4.30. The molecule has 0 bridgehead atoms. The smallest absolute Gasteiger partial charge is 0.321 e. The van der Waals surface area contributed by atoms with Gasteiger partial charge >= 0.3 is 5.97 Å². The number of imidazole rings is 1. The number of carboxylic acids is 1. The molecule has 0 aliphatic carbocycles. The normalized spacial score (nSPS) is 19.5. The molecule has 1 aromatic carbocycles. The maximum Gasteiger partial charge on any atom is 0.321 e. The van der Waals surface area contributed by atoms with Crippen molar-refractivity contribution in [2.24, 2.45) is 0 Å². The zero-order valence-electron chi connectivity index (χ0n) is 13.6. The SMILES string of the molecule is COc1ccc([C@H]2N[C@@H](C(=O)O)Cc3[nH]cnc32)c(OC)c1OC. The maximum absolute atomic E-state index is 11.5. The van der Waals surface area contributed by atoms with Crippen LogP contribution in [0.3, 0.4) is 0 Å². The van der Waals surface area contributed by atoms with Crippen LogP contribution in [0, 0.1) is 0 Å². The first-order valence-electron chi connectivity index (χ1n) is 7.40. The van der Waals surface area contributed by atoms with Crippen LogP contribution in [-0.2, 0) is 11.2 Å². The van der Waals surface area contributed by atoms with Gasteiger partial charge in [0.25, 0.3) is 0 Å². The number of carbonyl (C=O) groups is 1. The first-order chi connectivity index (χ1) is 11.6. The van der Waals surface area contributed by atoms with E-state index in [1.54, 1.807) is 19.5 Å². The molecule has 2 aromatic rings. The van der Waals surface area contributed by atoms with Crippen molar-refractivity contribution in [2.75, 3.05) is 21.3 Å². The molecule has 8 nitrogen and oxygen atoms in total. The topological polar surface area (TPSA) is 106 Å². The van der Waals surface area contributed by atoms with Crippen molar-refractivity contribution in [2.45, 2.75) is 18.5 Å². The fraction of sp³-hybridized carbons (Fsp3) is 0.375. The Bertz CT molecular complexity index is 758. The number of hydrogen-bond acceptors (Lipinski definition) is 6. The molecule has 0 saturated heterocycles. The number of aromatic nitrogens is 2. The summed E-state index contributed by atoms with van der Waals surface area (Å²) >= 11 is 0. The van der Waals surface area contributed by atoms with Crippen molar-refractivity contribution in [1.82, 2.24) is 15.3 Å². The Morgan fingerprint density at radius 3 is 2.58 bits per heavy atom. The Hall–Kier alpha value is -2.74. The molecule has 0 spiro atoms. The van der Waals surface area contributed by atoms with Crippen LogP contribution >= 0.6 is 0 Å². The van der Waals surface area contributed by atoms with Crippen LogP contribution in [0.2, 0.25) is 0 Å². The molecule has 1 aliphatic heterocycles. The number of H-pyrrole nitrogens is 1. The molecule has 0 saturated carbocycles. The van der Waals surface area contributed by atoms with Crippen LogP contribution in [0.15, 0.2) is 18.5 Å². The van der Waals surface area contributed by atoms with Crippen molar-refractivity contribution < 1.29 is 24.1 Å². The van der Waals surface area contributed by atoms with Crippen molar-refractivity contribution in [3.63, 3.8) is 0 Å². The van der Waals surface area contributed by atoms with Gasteiger partial charge in [-0.05, 0) is 12.1 Å². The molecule has 3 rings (SSSR count). The fourth-order valence-corrected chi connectivity index (χ4v) is 3.03. The van der Waals surface area contributed by atoms with Gasteiger partial charge in [0.2, 0.25) is 5.75 Å². The second kappa shape index (κ2) is 6.40. The zero-order valence-corrected chi connectivity index (χ0v) is 13.6. The molecule has 0 radical (unpaired) electrons. The van der Waals surface area contributed by atoms with Crippen LogP contribution in [0.5, 0.6) is 17.2 Å². The summed E-state index contributed by atoms with van der Waals surface area (Å²) in [5, 5.41) is 12.5. The summed E-state index contributed by atoms with van der Waals surface area (Å²) in [6.07, 6.45) is 1.91. The Morgan fingerprint density at radius 2 is 1.96 bits per heavy atom. The van der Waals surface area contributed by atoms with Crippen molar-refractivity contribution in [1.29, 1.82) is 0 Å². The van der Waals surface area contributed by atoms with Gasteiger partial charge in [0.1, 0.15) is 6.04 Å². The maximum atomic E-state index is 11.5. The number of fused-ring (bicyclic) bond motifs is 1. The molecule has 2 heterocycles. The average Bonchev–Trinajstić information content (AvgIpc) is 3.07. The van der Waals surface area contributed by atoms with Crippen molar-refractivity contribution in [3.05, 3.63) is 35.4 Å². The highest BCUT2D eigenvalue weighted by Gasteiger charge is 2.35. The summed E-state index contributed by atoms with van der Waals surface area (Å²) in [5.41, 5.74) is 2.27. The zero-order chi connectivity index (χ0) is 17.3. The highest BCUT2D eigenvalue weighted by Crippen LogP contribution is 2.44. The molecule has 1 aliphatic rings. The number of rotatable bonds is 5. The Labute approximate surface area is 138 Å². The molecule has 0 amide bonds. The van der Waals surface area contributed by atoms with E-state index in [1.165, 1.54) is 14.2 Å². The number of benzene rings is 1. The summed E-state index contributed by atoms with van der Waals surface area (Å²) < 4.78 is 16.2.